The third-order valence-electron chi connectivity index (χ3n) is 3.80. The van der Waals surface area contributed by atoms with Crippen molar-refractivity contribution in [3.63, 3.8) is 0 Å². The number of benzene rings is 1. The topological polar surface area (TPSA) is 122 Å². The summed E-state index contributed by atoms with van der Waals surface area (Å²) in [6.45, 7) is 0.306. The van der Waals surface area contributed by atoms with Crippen LogP contribution < -0.4 is 9.79 Å². The van der Waals surface area contributed by atoms with E-state index < -0.39 is 32.2 Å². The molecule has 1 aliphatic rings. The molecule has 7 nitrogen and oxygen atoms in total. The van der Waals surface area contributed by atoms with Crippen LogP contribution in [0.2, 0.25) is 0 Å². The van der Waals surface area contributed by atoms with Gasteiger partial charge in [-0.1, -0.05) is 30.3 Å². The molecule has 130 valence electrons. The second kappa shape index (κ2) is 8.35. The summed E-state index contributed by atoms with van der Waals surface area (Å²) in [4.78, 5) is 21.6. The van der Waals surface area contributed by atoms with Crippen LogP contribution in [0.4, 0.5) is 0 Å². The first-order chi connectivity index (χ1) is 10.8. The van der Waals surface area contributed by atoms with Crippen LogP contribution in [0.5, 0.6) is 0 Å². The Hall–Kier alpha value is -0.790. The molecule has 0 aliphatic heterocycles. The Labute approximate surface area is 135 Å². The molecule has 0 saturated heterocycles. The van der Waals surface area contributed by atoms with Gasteiger partial charge in [0.05, 0.1) is 26.1 Å². The number of phosphoric acid groups is 1. The Kier molecular flexibility index (Phi) is 6.73. The van der Waals surface area contributed by atoms with Gasteiger partial charge in [-0.15, -0.1) is 0 Å². The van der Waals surface area contributed by atoms with Gasteiger partial charge in [0.2, 0.25) is 0 Å². The molecular weight excluding hydrogens is 323 g/mol. The molecule has 0 radical (unpaired) electrons. The van der Waals surface area contributed by atoms with Crippen molar-refractivity contribution >= 4 is 7.82 Å². The van der Waals surface area contributed by atoms with Crippen molar-refractivity contribution in [2.75, 3.05) is 6.61 Å². The monoisotopic (exact) mass is 344 g/mol. The Morgan fingerprint density at radius 1 is 1.17 bits per heavy atom. The normalized spacial score (nSPS) is 28.7. The van der Waals surface area contributed by atoms with Gasteiger partial charge in [0, 0.05) is 19.4 Å². The van der Waals surface area contributed by atoms with E-state index in [4.69, 9.17) is 4.74 Å². The van der Waals surface area contributed by atoms with E-state index in [2.05, 4.69) is 4.52 Å². The zero-order valence-electron chi connectivity index (χ0n) is 12.6. The van der Waals surface area contributed by atoms with Crippen LogP contribution in [0.1, 0.15) is 24.8 Å². The molecular formula is C15H21O7P-2. The number of aryl methyl sites for hydroxylation is 1. The fraction of sp³-hybridized carbons (Fsp3) is 0.600. The number of rotatable bonds is 7. The van der Waals surface area contributed by atoms with Crippen LogP contribution in [-0.2, 0) is 20.2 Å². The average Bonchev–Trinajstić information content (AvgIpc) is 2.47. The summed E-state index contributed by atoms with van der Waals surface area (Å²) in [6, 6.07) is 9.79. The number of hydrogen-bond acceptors (Lipinski definition) is 7. The molecule has 1 saturated carbocycles. The summed E-state index contributed by atoms with van der Waals surface area (Å²) in [5.74, 6) is 0. The predicted octanol–water partition coefficient (Wildman–Crippen LogP) is -0.266. The second-order valence-electron chi connectivity index (χ2n) is 5.71. The molecule has 0 aromatic heterocycles. The van der Waals surface area contributed by atoms with Crippen molar-refractivity contribution < 1.29 is 33.8 Å². The van der Waals surface area contributed by atoms with Gasteiger partial charge in [-0.2, -0.15) is 0 Å². The zero-order valence-corrected chi connectivity index (χ0v) is 13.5. The van der Waals surface area contributed by atoms with E-state index in [0.717, 1.165) is 12.0 Å². The van der Waals surface area contributed by atoms with Crippen LogP contribution in [0, 0.1) is 0 Å². The van der Waals surface area contributed by atoms with E-state index in [-0.39, 0.29) is 12.8 Å². The molecule has 1 aromatic carbocycles. The first kappa shape index (κ1) is 18.5. The molecule has 4 atom stereocenters. The largest absolute Gasteiger partial charge is 0.790 e. The minimum Gasteiger partial charge on any atom is -0.790 e. The van der Waals surface area contributed by atoms with E-state index >= 15 is 0 Å². The third-order valence-corrected chi connectivity index (χ3v) is 4.30. The Morgan fingerprint density at radius 2 is 1.87 bits per heavy atom. The molecule has 0 spiro atoms. The van der Waals surface area contributed by atoms with E-state index in [9.17, 15) is 24.6 Å². The molecule has 0 unspecified atom stereocenters. The standard InChI is InChI=1S/C15H23O7P/c16-12-9-13(17)15(22-23(18,19)20)14(10-12)21-8-4-7-11-5-2-1-3-6-11/h1-3,5-6,12-17H,4,7-10H2,(H2,18,19,20)/p-2/t12-,13-,14-,15-/m1/s1. The maximum atomic E-state index is 10.8. The fourth-order valence-electron chi connectivity index (χ4n) is 2.76. The maximum absolute atomic E-state index is 10.8. The predicted molar refractivity (Wildman–Crippen MR) is 78.2 cm³/mol. The lowest BCUT2D eigenvalue weighted by Gasteiger charge is -2.42. The zero-order chi connectivity index (χ0) is 16.9. The van der Waals surface area contributed by atoms with Crippen molar-refractivity contribution in [2.24, 2.45) is 0 Å². The first-order valence-corrected chi connectivity index (χ1v) is 9.03. The van der Waals surface area contributed by atoms with Crippen molar-refractivity contribution in [3.8, 4) is 0 Å². The van der Waals surface area contributed by atoms with E-state index in [0.29, 0.717) is 13.0 Å². The highest BCUT2D eigenvalue weighted by molar-refractivity contribution is 7.43. The van der Waals surface area contributed by atoms with Crippen molar-refractivity contribution in [3.05, 3.63) is 35.9 Å². The summed E-state index contributed by atoms with van der Waals surface area (Å²) >= 11 is 0. The smallest absolute Gasteiger partial charge is 0.115 e. The maximum Gasteiger partial charge on any atom is 0.115 e. The van der Waals surface area contributed by atoms with Crippen LogP contribution >= 0.6 is 7.82 Å². The fourth-order valence-corrected chi connectivity index (χ4v) is 3.34. The average molecular weight is 344 g/mol. The van der Waals surface area contributed by atoms with Crippen molar-refractivity contribution in [1.82, 2.24) is 0 Å². The van der Waals surface area contributed by atoms with Gasteiger partial charge in [-0.05, 0) is 18.4 Å². The number of ether oxygens (including phenoxy) is 1. The lowest BCUT2D eigenvalue weighted by Crippen LogP contribution is -2.49. The molecule has 2 N–H and O–H groups in total. The minimum absolute atomic E-state index is 0.0471. The summed E-state index contributed by atoms with van der Waals surface area (Å²) in [7, 11) is -5.24. The summed E-state index contributed by atoms with van der Waals surface area (Å²) in [5, 5.41) is 19.5. The second-order valence-corrected chi connectivity index (χ2v) is 6.81. The summed E-state index contributed by atoms with van der Waals surface area (Å²) in [6.07, 6.45) is -2.63. The minimum atomic E-state index is -5.24. The van der Waals surface area contributed by atoms with Gasteiger partial charge >= 0.3 is 0 Å². The van der Waals surface area contributed by atoms with Crippen LogP contribution in [0.25, 0.3) is 0 Å². The van der Waals surface area contributed by atoms with E-state index in [1.165, 1.54) is 0 Å². The molecule has 23 heavy (non-hydrogen) atoms. The highest BCUT2D eigenvalue weighted by Gasteiger charge is 2.38. The highest BCUT2D eigenvalue weighted by atomic mass is 31.2. The summed E-state index contributed by atoms with van der Waals surface area (Å²) < 4.78 is 20.8. The first-order valence-electron chi connectivity index (χ1n) is 7.57. The van der Waals surface area contributed by atoms with Gasteiger partial charge in [0.1, 0.15) is 6.10 Å². The van der Waals surface area contributed by atoms with Gasteiger partial charge in [-0.25, -0.2) is 0 Å². The Balaban J connectivity index is 1.85. The van der Waals surface area contributed by atoms with Crippen LogP contribution in [0.15, 0.2) is 30.3 Å². The van der Waals surface area contributed by atoms with Crippen LogP contribution in [-0.4, -0.2) is 41.2 Å². The third kappa shape index (κ3) is 6.31. The molecule has 8 heteroatoms. The lowest BCUT2D eigenvalue weighted by atomic mass is 9.90. The molecule has 0 heterocycles. The molecule has 2 rings (SSSR count). The number of hydrogen-bond donors (Lipinski definition) is 2. The summed E-state index contributed by atoms with van der Waals surface area (Å²) in [5.41, 5.74) is 1.15. The number of aliphatic hydroxyl groups is 2. The number of aliphatic hydroxyl groups excluding tert-OH is 2. The molecule has 1 aliphatic carbocycles. The van der Waals surface area contributed by atoms with Crippen molar-refractivity contribution in [1.29, 1.82) is 0 Å². The quantitative estimate of drug-likeness (QED) is 0.516. The highest BCUT2D eigenvalue weighted by Crippen LogP contribution is 2.35. The Morgan fingerprint density at radius 3 is 2.52 bits per heavy atom. The van der Waals surface area contributed by atoms with E-state index in [1.54, 1.807) is 0 Å². The SMILES string of the molecule is O=P([O-])([O-])O[C@@H]1[C@H](O)C[C@@H](O)C[C@H]1OCCCc1ccccc1. The lowest BCUT2D eigenvalue weighted by molar-refractivity contribution is -0.350. The van der Waals surface area contributed by atoms with Gasteiger partial charge in [0.15, 0.2) is 0 Å². The van der Waals surface area contributed by atoms with Gasteiger partial charge in [-0.3, -0.25) is 0 Å². The molecule has 0 amide bonds. The van der Waals surface area contributed by atoms with Gasteiger partial charge in [0.25, 0.3) is 0 Å². The Bertz CT molecular complexity index is 518. The molecule has 0 bridgehead atoms. The van der Waals surface area contributed by atoms with Crippen LogP contribution in [0.3, 0.4) is 0 Å². The molecule has 1 fully saturated rings. The van der Waals surface area contributed by atoms with Crippen molar-refractivity contribution in [2.45, 2.75) is 50.1 Å². The molecule has 1 aromatic rings. The number of phosphoric ester groups is 1. The van der Waals surface area contributed by atoms with E-state index in [1.807, 2.05) is 30.3 Å². The van der Waals surface area contributed by atoms with Gasteiger partial charge < -0.3 is 33.8 Å².